The van der Waals surface area contributed by atoms with Gasteiger partial charge in [0, 0.05) is 32.8 Å². The van der Waals surface area contributed by atoms with Crippen molar-refractivity contribution in [1.29, 1.82) is 0 Å². The van der Waals surface area contributed by atoms with E-state index in [1.54, 1.807) is 7.05 Å². The average molecular weight is 499 g/mol. The number of guanidine groups is 1. The van der Waals surface area contributed by atoms with Gasteiger partial charge in [0.1, 0.15) is 5.82 Å². The van der Waals surface area contributed by atoms with E-state index < -0.39 is 12.1 Å². The lowest BCUT2D eigenvalue weighted by atomic mass is 9.81. The molecule has 1 aliphatic heterocycles. The zero-order valence-electron chi connectivity index (χ0n) is 15.7. The molecule has 0 bridgehead atoms. The molecule has 2 aliphatic rings. The predicted octanol–water partition coefficient (Wildman–Crippen LogP) is 3.87. The van der Waals surface area contributed by atoms with Crippen molar-refractivity contribution in [2.75, 3.05) is 13.6 Å². The Morgan fingerprint density at radius 3 is 2.78 bits per heavy atom. The van der Waals surface area contributed by atoms with Crippen LogP contribution >= 0.6 is 24.0 Å². The maximum Gasteiger partial charge on any atom is 0.391 e. The number of imidazole rings is 1. The van der Waals surface area contributed by atoms with E-state index in [-0.39, 0.29) is 42.7 Å². The zero-order chi connectivity index (χ0) is 18.6. The number of alkyl halides is 3. The number of rotatable bonds is 4. The Kier molecular flexibility index (Phi) is 8.23. The maximum atomic E-state index is 12.9. The van der Waals surface area contributed by atoms with Crippen molar-refractivity contribution in [3.05, 3.63) is 17.7 Å². The normalized spacial score (nSPS) is 23.3. The molecular weight excluding hydrogens is 470 g/mol. The average Bonchev–Trinajstić information content (AvgIpc) is 3.04. The number of hydrogen-bond donors (Lipinski definition) is 2. The molecule has 0 amide bonds. The van der Waals surface area contributed by atoms with E-state index in [0.717, 1.165) is 30.9 Å². The number of nitrogens with one attached hydrogen (secondary N) is 2. The van der Waals surface area contributed by atoms with E-state index in [2.05, 4.69) is 31.4 Å². The molecule has 2 unspecified atom stereocenters. The molecule has 1 aromatic rings. The smallest absolute Gasteiger partial charge is 0.356 e. The first-order chi connectivity index (χ1) is 12.5. The number of aromatic nitrogens is 2. The first-order valence-electron chi connectivity index (χ1n) is 9.52. The summed E-state index contributed by atoms with van der Waals surface area (Å²) in [6.45, 7) is 2.11. The Hall–Kier alpha value is -1.00. The van der Waals surface area contributed by atoms with Gasteiger partial charge in [-0.15, -0.1) is 24.0 Å². The van der Waals surface area contributed by atoms with Crippen molar-refractivity contribution >= 4 is 29.9 Å². The molecule has 154 valence electrons. The van der Waals surface area contributed by atoms with Crippen LogP contribution in [0.2, 0.25) is 0 Å². The molecule has 2 atom stereocenters. The van der Waals surface area contributed by atoms with E-state index in [1.807, 2.05) is 0 Å². The molecule has 0 aromatic carbocycles. The van der Waals surface area contributed by atoms with Crippen molar-refractivity contribution in [3.8, 4) is 0 Å². The predicted molar refractivity (Wildman–Crippen MR) is 110 cm³/mol. The fourth-order valence-corrected chi connectivity index (χ4v) is 3.97. The summed E-state index contributed by atoms with van der Waals surface area (Å²) in [6, 6.07) is 0. The van der Waals surface area contributed by atoms with Gasteiger partial charge >= 0.3 is 6.18 Å². The Balaban J connectivity index is 0.00000261. The molecule has 1 fully saturated rings. The van der Waals surface area contributed by atoms with Crippen molar-refractivity contribution in [3.63, 3.8) is 0 Å². The molecule has 2 heterocycles. The highest BCUT2D eigenvalue weighted by molar-refractivity contribution is 14.0. The van der Waals surface area contributed by atoms with Crippen molar-refractivity contribution < 1.29 is 13.2 Å². The Morgan fingerprint density at radius 2 is 2.07 bits per heavy atom. The Labute approximate surface area is 175 Å². The van der Waals surface area contributed by atoms with Crippen molar-refractivity contribution in [2.24, 2.45) is 16.8 Å². The van der Waals surface area contributed by atoms with Gasteiger partial charge in [0.15, 0.2) is 5.96 Å². The van der Waals surface area contributed by atoms with Crippen molar-refractivity contribution in [1.82, 2.24) is 20.2 Å². The fraction of sp³-hybridized carbons (Fsp3) is 0.778. The van der Waals surface area contributed by atoms with Gasteiger partial charge in [-0.3, -0.25) is 4.99 Å². The Morgan fingerprint density at radius 1 is 1.26 bits per heavy atom. The minimum absolute atomic E-state index is 0. The first-order valence-corrected chi connectivity index (χ1v) is 9.52. The summed E-state index contributed by atoms with van der Waals surface area (Å²) < 4.78 is 41.0. The number of aliphatic imine (C=N–C) groups is 1. The van der Waals surface area contributed by atoms with Gasteiger partial charge in [-0.1, -0.05) is 6.42 Å². The molecular formula is C18H29F3IN5. The highest BCUT2D eigenvalue weighted by Gasteiger charge is 2.42. The minimum atomic E-state index is -4.07. The van der Waals surface area contributed by atoms with E-state index in [4.69, 9.17) is 0 Å². The second-order valence-corrected chi connectivity index (χ2v) is 7.38. The van der Waals surface area contributed by atoms with E-state index in [1.165, 1.54) is 12.8 Å². The number of aryl methyl sites for hydroxylation is 2. The summed E-state index contributed by atoms with van der Waals surface area (Å²) in [4.78, 5) is 8.81. The minimum Gasteiger partial charge on any atom is -0.356 e. The van der Waals surface area contributed by atoms with Crippen LogP contribution in [-0.2, 0) is 19.5 Å². The summed E-state index contributed by atoms with van der Waals surface area (Å²) in [5.74, 6) is 0.630. The molecule has 1 aliphatic carbocycles. The van der Waals surface area contributed by atoms with Crippen LogP contribution in [0.1, 0.15) is 50.0 Å². The zero-order valence-corrected chi connectivity index (χ0v) is 18.0. The summed E-state index contributed by atoms with van der Waals surface area (Å²) in [7, 11) is 1.67. The highest BCUT2D eigenvalue weighted by Crippen LogP contribution is 2.39. The van der Waals surface area contributed by atoms with Gasteiger partial charge in [0.2, 0.25) is 0 Å². The summed E-state index contributed by atoms with van der Waals surface area (Å²) in [5, 5.41) is 6.40. The molecule has 0 spiro atoms. The molecule has 3 rings (SSSR count). The molecule has 1 aromatic heterocycles. The molecule has 1 saturated carbocycles. The summed E-state index contributed by atoms with van der Waals surface area (Å²) in [6.07, 6.45) is 3.36. The lowest BCUT2D eigenvalue weighted by molar-refractivity contribution is -0.185. The largest absolute Gasteiger partial charge is 0.391 e. The summed E-state index contributed by atoms with van der Waals surface area (Å²) in [5.41, 5.74) is 0.972. The van der Waals surface area contributed by atoms with Gasteiger partial charge in [0.25, 0.3) is 0 Å². The SMILES string of the molecule is CN=C(NCc1cn2c(n1)CCCC2)NCC1CCCC(C(F)(F)F)C1.I. The summed E-state index contributed by atoms with van der Waals surface area (Å²) >= 11 is 0. The number of hydrogen-bond acceptors (Lipinski definition) is 2. The lowest BCUT2D eigenvalue weighted by Crippen LogP contribution is -2.41. The van der Waals surface area contributed by atoms with Gasteiger partial charge < -0.3 is 15.2 Å². The standard InChI is InChI=1S/C18H28F3N5.HI/c1-22-17(23-10-13-5-4-6-14(9-13)18(19,20)21)24-11-15-12-26-8-3-2-7-16(26)25-15;/h12-14H,2-11H2,1H3,(H2,22,23,24);1H. The van der Waals surface area contributed by atoms with Crippen LogP contribution in [-0.4, -0.2) is 35.3 Å². The van der Waals surface area contributed by atoms with Crippen molar-refractivity contribution in [2.45, 2.75) is 64.2 Å². The molecule has 5 nitrogen and oxygen atoms in total. The monoisotopic (exact) mass is 499 g/mol. The van der Waals surface area contributed by atoms with E-state index >= 15 is 0 Å². The Bertz CT molecular complexity index is 606. The molecule has 2 N–H and O–H groups in total. The molecule has 9 heteroatoms. The topological polar surface area (TPSA) is 54.2 Å². The van der Waals surface area contributed by atoms with Gasteiger partial charge in [0.05, 0.1) is 18.2 Å². The molecule has 0 saturated heterocycles. The number of nitrogens with zero attached hydrogens (tertiary/aromatic N) is 3. The highest BCUT2D eigenvalue weighted by atomic mass is 127. The number of halogens is 4. The van der Waals surface area contributed by atoms with Gasteiger partial charge in [-0.05, 0) is 38.0 Å². The third-order valence-electron chi connectivity index (χ3n) is 5.42. The van der Waals surface area contributed by atoms with Crippen LogP contribution < -0.4 is 10.6 Å². The van der Waals surface area contributed by atoms with Crippen LogP contribution in [0.15, 0.2) is 11.2 Å². The maximum absolute atomic E-state index is 12.9. The molecule has 0 radical (unpaired) electrons. The fourth-order valence-electron chi connectivity index (χ4n) is 3.97. The first kappa shape index (κ1) is 22.3. The van der Waals surface area contributed by atoms with Crippen LogP contribution in [0.3, 0.4) is 0 Å². The van der Waals surface area contributed by atoms with Crippen LogP contribution in [0.5, 0.6) is 0 Å². The third-order valence-corrected chi connectivity index (χ3v) is 5.42. The number of fused-ring (bicyclic) bond motifs is 1. The quantitative estimate of drug-likeness (QED) is 0.376. The van der Waals surface area contributed by atoms with Crippen LogP contribution in [0.4, 0.5) is 13.2 Å². The molecule has 27 heavy (non-hydrogen) atoms. The third kappa shape index (κ3) is 6.25. The van der Waals surface area contributed by atoms with E-state index in [0.29, 0.717) is 25.5 Å². The second-order valence-electron chi connectivity index (χ2n) is 7.38. The second kappa shape index (κ2) is 9.97. The van der Waals surface area contributed by atoms with Gasteiger partial charge in [-0.2, -0.15) is 13.2 Å². The lowest BCUT2D eigenvalue weighted by Gasteiger charge is -2.30. The van der Waals surface area contributed by atoms with Crippen LogP contribution in [0, 0.1) is 11.8 Å². The van der Waals surface area contributed by atoms with E-state index in [9.17, 15) is 13.2 Å². The van der Waals surface area contributed by atoms with Gasteiger partial charge in [-0.25, -0.2) is 4.98 Å². The van der Waals surface area contributed by atoms with Crippen LogP contribution in [0.25, 0.3) is 0 Å².